The zero-order chi connectivity index (χ0) is 11.6. The van der Waals surface area contributed by atoms with E-state index in [1.807, 2.05) is 0 Å². The number of sulfonamides is 1. The van der Waals surface area contributed by atoms with Gasteiger partial charge in [-0.1, -0.05) is 0 Å². The molecule has 1 unspecified atom stereocenters. The van der Waals surface area contributed by atoms with Gasteiger partial charge in [0.15, 0.2) is 0 Å². The Kier molecular flexibility index (Phi) is 3.49. The van der Waals surface area contributed by atoms with Crippen molar-refractivity contribution in [3.63, 3.8) is 0 Å². The molecule has 0 aromatic heterocycles. The lowest BCUT2D eigenvalue weighted by Crippen LogP contribution is -2.35. The minimum Gasteiger partial charge on any atom is -0.316 e. The fourth-order valence-corrected chi connectivity index (χ4v) is 3.78. The predicted octanol–water partition coefficient (Wildman–Crippen LogP) is -0.0618. The Morgan fingerprint density at radius 1 is 1.44 bits per heavy atom. The summed E-state index contributed by atoms with van der Waals surface area (Å²) in [5.41, 5.74) is 0. The minimum atomic E-state index is -3.27. The lowest BCUT2D eigenvalue weighted by molar-refractivity contribution is -0.125. The third kappa shape index (κ3) is 2.55. The molecule has 92 valence electrons. The number of rotatable bonds is 3. The van der Waals surface area contributed by atoms with Gasteiger partial charge in [0.25, 0.3) is 0 Å². The first kappa shape index (κ1) is 11.9. The summed E-state index contributed by atoms with van der Waals surface area (Å²) in [5, 5.41) is 3.29. The molecule has 0 aromatic rings. The predicted molar refractivity (Wildman–Crippen MR) is 60.3 cm³/mol. The largest absolute Gasteiger partial charge is 0.316 e. The molecule has 1 atom stereocenters. The maximum absolute atomic E-state index is 11.5. The Hall–Kier alpha value is -0.620. The third-order valence-electron chi connectivity index (χ3n) is 3.33. The number of carbonyl (C=O) groups excluding carboxylic acids is 1. The van der Waals surface area contributed by atoms with Crippen LogP contribution in [0.3, 0.4) is 0 Å². The third-order valence-corrected chi connectivity index (χ3v) is 5.11. The summed E-state index contributed by atoms with van der Waals surface area (Å²) in [6, 6.07) is 0. The number of piperidine rings is 1. The molecule has 16 heavy (non-hydrogen) atoms. The van der Waals surface area contributed by atoms with Crippen molar-refractivity contribution < 1.29 is 13.2 Å². The first-order chi connectivity index (χ1) is 7.59. The van der Waals surface area contributed by atoms with Crippen molar-refractivity contribution in [1.29, 1.82) is 0 Å². The lowest BCUT2D eigenvalue weighted by atomic mass is 9.96. The monoisotopic (exact) mass is 246 g/mol. The average Bonchev–Trinajstić information content (AvgIpc) is 2.52. The van der Waals surface area contributed by atoms with Crippen molar-refractivity contribution in [3.05, 3.63) is 0 Å². The van der Waals surface area contributed by atoms with E-state index in [9.17, 15) is 13.2 Å². The molecule has 2 aliphatic rings. The highest BCUT2D eigenvalue weighted by molar-refractivity contribution is 7.90. The number of amides is 1. The van der Waals surface area contributed by atoms with Crippen LogP contribution in [0.5, 0.6) is 0 Å². The van der Waals surface area contributed by atoms with Crippen molar-refractivity contribution in [3.8, 4) is 0 Å². The second kappa shape index (κ2) is 4.71. The van der Waals surface area contributed by atoms with Gasteiger partial charge in [0.05, 0.1) is 5.75 Å². The maximum atomic E-state index is 11.5. The minimum absolute atomic E-state index is 0.00521. The van der Waals surface area contributed by atoms with Gasteiger partial charge in [0.1, 0.15) is 0 Å². The molecular weight excluding hydrogens is 228 g/mol. The molecular formula is C10H18N2O3S. The zero-order valence-electron chi connectivity index (χ0n) is 9.31. The number of hydrogen-bond acceptors (Lipinski definition) is 4. The number of nitrogens with zero attached hydrogens (tertiary/aromatic N) is 1. The molecule has 2 saturated heterocycles. The normalized spacial score (nSPS) is 29.6. The van der Waals surface area contributed by atoms with E-state index in [2.05, 4.69) is 5.32 Å². The highest BCUT2D eigenvalue weighted by Gasteiger charge is 2.34. The first-order valence-corrected chi connectivity index (χ1v) is 7.44. The van der Waals surface area contributed by atoms with Crippen molar-refractivity contribution in [2.45, 2.75) is 25.7 Å². The van der Waals surface area contributed by atoms with E-state index in [1.54, 1.807) is 0 Å². The van der Waals surface area contributed by atoms with Crippen LogP contribution < -0.4 is 5.32 Å². The molecule has 0 aromatic carbocycles. The molecule has 1 amide bonds. The summed E-state index contributed by atoms with van der Waals surface area (Å²) in [4.78, 5) is 11.4. The molecule has 5 nitrogen and oxygen atoms in total. The summed E-state index contributed by atoms with van der Waals surface area (Å²) in [6.07, 6.45) is 3.23. The summed E-state index contributed by atoms with van der Waals surface area (Å²) in [6.45, 7) is 2.37. The van der Waals surface area contributed by atoms with E-state index in [0.29, 0.717) is 12.5 Å². The molecule has 2 fully saturated rings. The van der Waals surface area contributed by atoms with E-state index in [1.165, 1.54) is 0 Å². The van der Waals surface area contributed by atoms with Gasteiger partial charge in [-0.3, -0.25) is 4.79 Å². The van der Waals surface area contributed by atoms with Gasteiger partial charge in [0, 0.05) is 13.0 Å². The highest BCUT2D eigenvalue weighted by Crippen LogP contribution is 2.19. The molecule has 0 aliphatic carbocycles. The van der Waals surface area contributed by atoms with E-state index in [-0.39, 0.29) is 18.1 Å². The van der Waals surface area contributed by atoms with Gasteiger partial charge in [-0.25, -0.2) is 12.7 Å². The Bertz CT molecular complexity index is 360. The standard InChI is InChI=1S/C10H18N2O3S/c13-10-4-7-16(14,15)12(10)6-3-9-2-1-5-11-8-9/h9,11H,1-8H2. The average molecular weight is 246 g/mol. The number of hydrogen-bond donors (Lipinski definition) is 1. The van der Waals surface area contributed by atoms with Gasteiger partial charge >= 0.3 is 0 Å². The number of carbonyl (C=O) groups is 1. The van der Waals surface area contributed by atoms with E-state index in [0.717, 1.165) is 36.7 Å². The Morgan fingerprint density at radius 2 is 2.25 bits per heavy atom. The van der Waals surface area contributed by atoms with Crippen LogP contribution in [0.1, 0.15) is 25.7 Å². The Labute approximate surface area is 96.2 Å². The van der Waals surface area contributed by atoms with Crippen LogP contribution in [0, 0.1) is 5.92 Å². The molecule has 0 saturated carbocycles. The lowest BCUT2D eigenvalue weighted by Gasteiger charge is -2.24. The van der Waals surface area contributed by atoms with E-state index >= 15 is 0 Å². The van der Waals surface area contributed by atoms with Crippen LogP contribution in [-0.2, 0) is 14.8 Å². The maximum Gasteiger partial charge on any atom is 0.237 e. The molecule has 2 rings (SSSR count). The Balaban J connectivity index is 1.87. The van der Waals surface area contributed by atoms with E-state index in [4.69, 9.17) is 0 Å². The van der Waals surface area contributed by atoms with E-state index < -0.39 is 10.0 Å². The molecule has 1 N–H and O–H groups in total. The molecule has 0 radical (unpaired) electrons. The van der Waals surface area contributed by atoms with Crippen molar-refractivity contribution in [2.75, 3.05) is 25.4 Å². The summed E-state index contributed by atoms with van der Waals surface area (Å²) in [7, 11) is -3.27. The molecule has 6 heteroatoms. The van der Waals surface area contributed by atoms with Crippen molar-refractivity contribution in [2.24, 2.45) is 5.92 Å². The molecule has 2 aliphatic heterocycles. The summed E-state index contributed by atoms with van der Waals surface area (Å²) in [5.74, 6) is 0.274. The summed E-state index contributed by atoms with van der Waals surface area (Å²) >= 11 is 0. The van der Waals surface area contributed by atoms with Gasteiger partial charge in [0.2, 0.25) is 15.9 Å². The van der Waals surface area contributed by atoms with Crippen molar-refractivity contribution in [1.82, 2.24) is 9.62 Å². The van der Waals surface area contributed by atoms with Crippen LogP contribution in [-0.4, -0.2) is 44.0 Å². The second-order valence-corrected chi connectivity index (χ2v) is 6.55. The van der Waals surface area contributed by atoms with Gasteiger partial charge < -0.3 is 5.32 Å². The Morgan fingerprint density at radius 3 is 2.81 bits per heavy atom. The fourth-order valence-electron chi connectivity index (χ4n) is 2.34. The second-order valence-electron chi connectivity index (χ2n) is 4.53. The molecule has 0 bridgehead atoms. The van der Waals surface area contributed by atoms with Crippen molar-refractivity contribution >= 4 is 15.9 Å². The summed E-state index contributed by atoms with van der Waals surface area (Å²) < 4.78 is 24.1. The van der Waals surface area contributed by atoms with Crippen LogP contribution >= 0.6 is 0 Å². The highest BCUT2D eigenvalue weighted by atomic mass is 32.2. The fraction of sp³-hybridized carbons (Fsp3) is 0.900. The van der Waals surface area contributed by atoms with Crippen LogP contribution in [0.25, 0.3) is 0 Å². The topological polar surface area (TPSA) is 66.5 Å². The van der Waals surface area contributed by atoms with Crippen LogP contribution in [0.2, 0.25) is 0 Å². The molecule has 2 heterocycles. The SMILES string of the molecule is O=C1CCS(=O)(=O)N1CCC1CCCNC1. The molecule has 0 spiro atoms. The first-order valence-electron chi connectivity index (χ1n) is 5.83. The van der Waals surface area contributed by atoms with Gasteiger partial charge in [-0.15, -0.1) is 0 Å². The van der Waals surface area contributed by atoms with Gasteiger partial charge in [-0.05, 0) is 38.3 Å². The quantitative estimate of drug-likeness (QED) is 0.757. The zero-order valence-corrected chi connectivity index (χ0v) is 10.1. The number of nitrogens with one attached hydrogen (secondary N) is 1. The van der Waals surface area contributed by atoms with Crippen LogP contribution in [0.15, 0.2) is 0 Å². The van der Waals surface area contributed by atoms with Gasteiger partial charge in [-0.2, -0.15) is 0 Å². The smallest absolute Gasteiger partial charge is 0.237 e. The van der Waals surface area contributed by atoms with Crippen LogP contribution in [0.4, 0.5) is 0 Å².